The van der Waals surface area contributed by atoms with Crippen molar-refractivity contribution in [2.75, 3.05) is 21.1 Å². The predicted octanol–water partition coefficient (Wildman–Crippen LogP) is 10.0. The Hall–Kier alpha value is -0.0400. The lowest BCUT2D eigenvalue weighted by molar-refractivity contribution is 0.469. The monoisotopic (exact) mass is 411 g/mol. The van der Waals surface area contributed by atoms with Gasteiger partial charge in [0.2, 0.25) is 0 Å². The smallest absolute Gasteiger partial charge is 0.0140 e. The van der Waals surface area contributed by atoms with Gasteiger partial charge >= 0.3 is 0 Å². The minimum Gasteiger partial charge on any atom is -0.312 e. The van der Waals surface area contributed by atoms with Crippen LogP contribution in [0.1, 0.15) is 156 Å². The molecule has 0 unspecified atom stereocenters. The van der Waals surface area contributed by atoms with E-state index < -0.39 is 0 Å². The molecule has 0 aromatic heterocycles. The van der Waals surface area contributed by atoms with Crippen LogP contribution in [-0.4, -0.2) is 26.0 Å². The Balaban J connectivity index is 0. The van der Waals surface area contributed by atoms with E-state index in [1.54, 1.807) is 0 Å². The van der Waals surface area contributed by atoms with Crippen molar-refractivity contribution in [2.24, 2.45) is 5.41 Å². The van der Waals surface area contributed by atoms with Crippen LogP contribution in [-0.2, 0) is 0 Å². The van der Waals surface area contributed by atoms with Gasteiger partial charge in [-0.25, -0.2) is 0 Å². The summed E-state index contributed by atoms with van der Waals surface area (Å²) >= 11 is 0. The van der Waals surface area contributed by atoms with Gasteiger partial charge in [-0.15, -0.1) is 0 Å². The molecule has 1 saturated carbocycles. The van der Waals surface area contributed by atoms with Crippen LogP contribution in [0.3, 0.4) is 0 Å². The molecule has 1 fully saturated rings. The first-order valence-electron chi connectivity index (χ1n) is 13.3. The third-order valence-electron chi connectivity index (χ3n) is 5.00. The van der Waals surface area contributed by atoms with Gasteiger partial charge in [0.15, 0.2) is 0 Å². The fraction of sp³-hybridized carbons (Fsp3) is 1.00. The Morgan fingerprint density at radius 3 is 0.379 bits per heavy atom. The molecule has 0 aliphatic heterocycles. The summed E-state index contributed by atoms with van der Waals surface area (Å²) in [5.74, 6) is 0. The van der Waals surface area contributed by atoms with Crippen LogP contribution in [0, 0.1) is 5.41 Å². The number of hydrogen-bond donors (Lipinski definition) is 0. The van der Waals surface area contributed by atoms with E-state index in [1.807, 2.05) is 26.0 Å². The highest BCUT2D eigenvalue weighted by Gasteiger charge is 1.97. The molecule has 0 radical (unpaired) electrons. The molecule has 29 heavy (non-hydrogen) atoms. The Morgan fingerprint density at radius 1 is 0.310 bits per heavy atom. The molecule has 0 saturated heterocycles. The maximum absolute atomic E-state index is 2.19. The second kappa shape index (κ2) is 24.2. The minimum absolute atomic E-state index is 0.500. The van der Waals surface area contributed by atoms with Gasteiger partial charge in [0.1, 0.15) is 0 Å². The molecule has 0 heterocycles. The maximum Gasteiger partial charge on any atom is -0.0140 e. The van der Waals surface area contributed by atoms with Gasteiger partial charge in [-0.1, -0.05) is 156 Å². The van der Waals surface area contributed by atoms with Gasteiger partial charge in [0.05, 0.1) is 0 Å². The molecule has 1 heteroatoms. The quantitative estimate of drug-likeness (QED) is 0.383. The predicted molar refractivity (Wildman–Crippen MR) is 137 cm³/mol. The molecule has 0 amide bonds. The van der Waals surface area contributed by atoms with E-state index in [1.165, 1.54) is 128 Å². The highest BCUT2D eigenvalue weighted by molar-refractivity contribution is 4.52. The summed E-state index contributed by atoms with van der Waals surface area (Å²) in [5, 5.41) is 0. The number of hydrogen-bond acceptors (Lipinski definition) is 1. The van der Waals surface area contributed by atoms with Gasteiger partial charge < -0.3 is 4.90 Å². The molecule has 1 aliphatic carbocycles. The summed E-state index contributed by atoms with van der Waals surface area (Å²) in [4.78, 5) is 2.00. The van der Waals surface area contributed by atoms with Crippen molar-refractivity contribution < 1.29 is 0 Å². The standard InChI is InChI=1S/C20H40.C5H12.C3H9N/c1-2-4-6-8-10-12-14-16-18-20-19-17-15-13-11-9-7-5-3-1;1-5(2,3)4;1-4(2)3/h1-20H2;1-4H3;1-3H3. The largest absolute Gasteiger partial charge is 0.312 e. The van der Waals surface area contributed by atoms with Crippen molar-refractivity contribution >= 4 is 0 Å². The van der Waals surface area contributed by atoms with Gasteiger partial charge in [0.25, 0.3) is 0 Å². The summed E-state index contributed by atoms with van der Waals surface area (Å²) in [7, 11) is 6.00. The van der Waals surface area contributed by atoms with E-state index in [4.69, 9.17) is 0 Å². The van der Waals surface area contributed by atoms with Crippen molar-refractivity contribution in [1.29, 1.82) is 0 Å². The van der Waals surface area contributed by atoms with Crippen LogP contribution in [0.25, 0.3) is 0 Å². The first-order chi connectivity index (χ1) is 13.7. The van der Waals surface area contributed by atoms with Crippen molar-refractivity contribution in [2.45, 2.75) is 156 Å². The zero-order valence-electron chi connectivity index (χ0n) is 22.1. The fourth-order valence-corrected chi connectivity index (χ4v) is 3.54. The highest BCUT2D eigenvalue weighted by Crippen LogP contribution is 2.16. The van der Waals surface area contributed by atoms with E-state index in [2.05, 4.69) is 27.7 Å². The van der Waals surface area contributed by atoms with E-state index in [-0.39, 0.29) is 0 Å². The molecular weight excluding hydrogens is 350 g/mol. The molecule has 0 bridgehead atoms. The molecule has 0 N–H and O–H groups in total. The number of nitrogens with zero attached hydrogens (tertiary/aromatic N) is 1. The lowest BCUT2D eigenvalue weighted by Gasteiger charge is -2.05. The summed E-state index contributed by atoms with van der Waals surface area (Å²) in [6, 6.07) is 0. The molecule has 0 aromatic rings. The zero-order valence-corrected chi connectivity index (χ0v) is 22.1. The van der Waals surface area contributed by atoms with Crippen molar-refractivity contribution in [3.63, 3.8) is 0 Å². The molecule has 0 spiro atoms. The Kier molecular flexibility index (Phi) is 26.0. The normalized spacial score (nSPS) is 19.9. The van der Waals surface area contributed by atoms with E-state index in [0.29, 0.717) is 5.41 Å². The topological polar surface area (TPSA) is 3.24 Å². The molecule has 1 nitrogen and oxygen atoms in total. The Bertz CT molecular complexity index is 181. The molecule has 1 rings (SSSR count). The van der Waals surface area contributed by atoms with Crippen LogP contribution in [0.15, 0.2) is 0 Å². The van der Waals surface area contributed by atoms with Crippen LogP contribution >= 0.6 is 0 Å². The minimum atomic E-state index is 0.500. The van der Waals surface area contributed by atoms with Crippen LogP contribution in [0.4, 0.5) is 0 Å². The van der Waals surface area contributed by atoms with E-state index in [0.717, 1.165) is 0 Å². The van der Waals surface area contributed by atoms with E-state index >= 15 is 0 Å². The lowest BCUT2D eigenvalue weighted by Crippen LogP contribution is -1.99. The maximum atomic E-state index is 2.19. The summed E-state index contributed by atoms with van der Waals surface area (Å²) in [6.07, 6.45) is 30.0. The molecule has 0 aromatic carbocycles. The summed E-state index contributed by atoms with van der Waals surface area (Å²) < 4.78 is 0. The molecular formula is C28H61N. The van der Waals surface area contributed by atoms with Gasteiger partial charge in [-0.05, 0) is 26.6 Å². The SMILES string of the molecule is C1CCCCCCCCCCCCCCCCCCC1.CC(C)(C)C.CN(C)C. The Morgan fingerprint density at radius 2 is 0.345 bits per heavy atom. The average molecular weight is 412 g/mol. The van der Waals surface area contributed by atoms with Crippen LogP contribution in [0.2, 0.25) is 0 Å². The van der Waals surface area contributed by atoms with Crippen LogP contribution < -0.4 is 0 Å². The average Bonchev–Trinajstić information content (AvgIpc) is 2.59. The second-order valence-electron chi connectivity index (χ2n) is 11.4. The van der Waals surface area contributed by atoms with Crippen molar-refractivity contribution in [1.82, 2.24) is 4.90 Å². The third kappa shape index (κ3) is 47.3. The van der Waals surface area contributed by atoms with Crippen molar-refractivity contribution in [3.05, 3.63) is 0 Å². The van der Waals surface area contributed by atoms with Crippen molar-refractivity contribution in [3.8, 4) is 0 Å². The highest BCUT2D eigenvalue weighted by atomic mass is 15.0. The first-order valence-corrected chi connectivity index (χ1v) is 13.3. The molecule has 0 atom stereocenters. The zero-order chi connectivity index (χ0) is 22.2. The fourth-order valence-electron chi connectivity index (χ4n) is 3.54. The molecule has 178 valence electrons. The van der Waals surface area contributed by atoms with Gasteiger partial charge in [0, 0.05) is 0 Å². The third-order valence-corrected chi connectivity index (χ3v) is 5.00. The summed E-state index contributed by atoms with van der Waals surface area (Å²) in [6.45, 7) is 8.75. The lowest BCUT2D eigenvalue weighted by atomic mass is 10.0. The van der Waals surface area contributed by atoms with E-state index in [9.17, 15) is 0 Å². The molecule has 1 aliphatic rings. The van der Waals surface area contributed by atoms with Crippen LogP contribution in [0.5, 0.6) is 0 Å². The number of rotatable bonds is 0. The van der Waals surface area contributed by atoms with Gasteiger partial charge in [-0.3, -0.25) is 0 Å². The van der Waals surface area contributed by atoms with Gasteiger partial charge in [-0.2, -0.15) is 0 Å². The first kappa shape index (κ1) is 31.1. The summed E-state index contributed by atoms with van der Waals surface area (Å²) in [5.41, 5.74) is 0.500. The second-order valence-corrected chi connectivity index (χ2v) is 11.4. The Labute approximate surface area is 187 Å².